The molecular formula is C22H27F3N4O2. The van der Waals surface area contributed by atoms with Gasteiger partial charge >= 0.3 is 6.18 Å². The molecule has 0 aromatic heterocycles. The number of likely N-dealkylation sites (tertiary alicyclic amines) is 1. The topological polar surface area (TPSA) is 90.4 Å². The summed E-state index contributed by atoms with van der Waals surface area (Å²) in [5.41, 5.74) is 3.65. The molecule has 1 spiro atoms. The van der Waals surface area contributed by atoms with Gasteiger partial charge < -0.3 is 15.5 Å². The predicted molar refractivity (Wildman–Crippen MR) is 109 cm³/mol. The lowest BCUT2D eigenvalue weighted by Gasteiger charge is -2.42. The monoisotopic (exact) mass is 436 g/mol. The first-order valence-corrected chi connectivity index (χ1v) is 10.2. The lowest BCUT2D eigenvalue weighted by Crippen LogP contribution is -2.47. The number of nitrogens with zero attached hydrogens (tertiary/aromatic N) is 3. The van der Waals surface area contributed by atoms with Crippen molar-refractivity contribution in [2.45, 2.75) is 39.8 Å². The number of carbonyl (C=O) groups is 2. The smallest absolute Gasteiger partial charge is 0.371 e. The molecule has 2 aliphatic heterocycles. The van der Waals surface area contributed by atoms with Crippen molar-refractivity contribution in [3.8, 4) is 6.07 Å². The molecule has 1 aromatic rings. The van der Waals surface area contributed by atoms with Crippen molar-refractivity contribution in [3.63, 3.8) is 0 Å². The molecule has 1 unspecified atom stereocenters. The Labute approximate surface area is 179 Å². The Hall–Kier alpha value is -2.76. The number of primary amides is 1. The third kappa shape index (κ3) is 4.34. The molecule has 2 fully saturated rings. The molecule has 9 heteroatoms. The number of carbonyl (C=O) groups excluding carboxylic acids is 2. The number of amides is 2. The average Bonchev–Trinajstić information content (AvgIpc) is 3.05. The SMILES string of the molecule is CC(C)(C)C(=O)N1CC(C(N)=O)C2(CCN(c3ccc(C#N)c(C(F)(F)F)c3)CC2)C1. The highest BCUT2D eigenvalue weighted by Crippen LogP contribution is 2.46. The summed E-state index contributed by atoms with van der Waals surface area (Å²) in [4.78, 5) is 28.5. The first kappa shape index (κ1) is 22.9. The van der Waals surface area contributed by atoms with E-state index in [0.29, 0.717) is 38.2 Å². The third-order valence-corrected chi connectivity index (χ3v) is 6.47. The second kappa shape index (κ2) is 7.74. The second-order valence-electron chi connectivity index (χ2n) is 9.58. The van der Waals surface area contributed by atoms with Crippen LogP contribution in [-0.4, -0.2) is 42.9 Å². The van der Waals surface area contributed by atoms with Gasteiger partial charge in [0.2, 0.25) is 11.8 Å². The molecule has 2 aliphatic rings. The Kier molecular flexibility index (Phi) is 5.72. The molecule has 168 valence electrons. The maximum absolute atomic E-state index is 13.3. The quantitative estimate of drug-likeness (QED) is 0.771. The van der Waals surface area contributed by atoms with Crippen molar-refractivity contribution in [3.05, 3.63) is 29.3 Å². The Balaban J connectivity index is 1.81. The number of hydrogen-bond donors (Lipinski definition) is 1. The molecule has 2 heterocycles. The van der Waals surface area contributed by atoms with Crippen LogP contribution in [0.5, 0.6) is 0 Å². The summed E-state index contributed by atoms with van der Waals surface area (Å²) in [5.74, 6) is -0.969. The fourth-order valence-corrected chi connectivity index (χ4v) is 4.77. The Morgan fingerprint density at radius 1 is 1.19 bits per heavy atom. The van der Waals surface area contributed by atoms with Crippen molar-refractivity contribution >= 4 is 17.5 Å². The van der Waals surface area contributed by atoms with Gasteiger partial charge in [-0.3, -0.25) is 9.59 Å². The van der Waals surface area contributed by atoms with Gasteiger partial charge in [0, 0.05) is 42.7 Å². The zero-order chi connectivity index (χ0) is 23.2. The van der Waals surface area contributed by atoms with Gasteiger partial charge in [0.15, 0.2) is 0 Å². The molecule has 2 saturated heterocycles. The van der Waals surface area contributed by atoms with E-state index in [1.807, 2.05) is 25.7 Å². The lowest BCUT2D eigenvalue weighted by molar-refractivity contribution is -0.139. The summed E-state index contributed by atoms with van der Waals surface area (Å²) in [5, 5.41) is 8.99. The van der Waals surface area contributed by atoms with Gasteiger partial charge in [-0.2, -0.15) is 18.4 Å². The Morgan fingerprint density at radius 3 is 2.29 bits per heavy atom. The van der Waals surface area contributed by atoms with Crippen molar-refractivity contribution in [1.29, 1.82) is 5.26 Å². The number of nitrogens with two attached hydrogens (primary N) is 1. The van der Waals surface area contributed by atoms with E-state index in [-0.39, 0.29) is 12.5 Å². The van der Waals surface area contributed by atoms with Crippen LogP contribution in [0.3, 0.4) is 0 Å². The van der Waals surface area contributed by atoms with Crippen molar-refractivity contribution in [2.75, 3.05) is 31.1 Å². The number of rotatable bonds is 2. The predicted octanol–water partition coefficient (Wildman–Crippen LogP) is 3.15. The van der Waals surface area contributed by atoms with E-state index in [2.05, 4.69) is 0 Å². The van der Waals surface area contributed by atoms with E-state index in [1.165, 1.54) is 12.1 Å². The standard InChI is InChI=1S/C22H27F3N4O2/c1-20(2,3)19(31)29-12-17(18(27)30)21(13-29)6-8-28(9-7-21)15-5-4-14(11-26)16(10-15)22(23,24)25/h4-5,10,17H,6-9,12-13H2,1-3H3,(H2,27,30). The number of nitriles is 1. The molecule has 0 radical (unpaired) electrons. The van der Waals surface area contributed by atoms with Crippen LogP contribution in [-0.2, 0) is 15.8 Å². The molecule has 1 atom stereocenters. The lowest BCUT2D eigenvalue weighted by atomic mass is 9.70. The number of hydrogen-bond acceptors (Lipinski definition) is 4. The number of piperidine rings is 1. The van der Waals surface area contributed by atoms with E-state index in [0.717, 1.165) is 6.07 Å². The minimum Gasteiger partial charge on any atom is -0.371 e. The van der Waals surface area contributed by atoms with E-state index in [9.17, 15) is 22.8 Å². The highest BCUT2D eigenvalue weighted by molar-refractivity contribution is 5.84. The van der Waals surface area contributed by atoms with Crippen LogP contribution in [0.15, 0.2) is 18.2 Å². The first-order chi connectivity index (χ1) is 14.3. The van der Waals surface area contributed by atoms with Crippen LogP contribution < -0.4 is 10.6 Å². The molecule has 2 amide bonds. The molecule has 6 nitrogen and oxygen atoms in total. The van der Waals surface area contributed by atoms with Crippen LogP contribution in [0.4, 0.5) is 18.9 Å². The summed E-state index contributed by atoms with van der Waals surface area (Å²) in [6, 6.07) is 5.30. The second-order valence-corrected chi connectivity index (χ2v) is 9.58. The van der Waals surface area contributed by atoms with Gasteiger partial charge in [-0.25, -0.2) is 0 Å². The van der Waals surface area contributed by atoms with E-state index in [1.54, 1.807) is 11.0 Å². The van der Waals surface area contributed by atoms with Gasteiger partial charge in [-0.1, -0.05) is 20.8 Å². The molecule has 0 aliphatic carbocycles. The highest BCUT2D eigenvalue weighted by atomic mass is 19.4. The zero-order valence-electron chi connectivity index (χ0n) is 17.9. The Bertz CT molecular complexity index is 922. The van der Waals surface area contributed by atoms with E-state index >= 15 is 0 Å². The highest BCUT2D eigenvalue weighted by Gasteiger charge is 2.52. The zero-order valence-corrected chi connectivity index (χ0v) is 17.9. The van der Waals surface area contributed by atoms with Crippen molar-refractivity contribution in [2.24, 2.45) is 22.5 Å². The van der Waals surface area contributed by atoms with Gasteiger partial charge in [0.05, 0.1) is 23.1 Å². The van der Waals surface area contributed by atoms with E-state index < -0.39 is 40.0 Å². The van der Waals surface area contributed by atoms with Crippen LogP contribution in [0.25, 0.3) is 0 Å². The summed E-state index contributed by atoms with van der Waals surface area (Å²) in [6.07, 6.45) is -3.54. The number of alkyl halides is 3. The van der Waals surface area contributed by atoms with Crippen LogP contribution in [0.2, 0.25) is 0 Å². The molecule has 31 heavy (non-hydrogen) atoms. The van der Waals surface area contributed by atoms with Crippen molar-refractivity contribution < 1.29 is 22.8 Å². The van der Waals surface area contributed by atoms with Crippen molar-refractivity contribution in [1.82, 2.24) is 4.90 Å². The third-order valence-electron chi connectivity index (χ3n) is 6.47. The fourth-order valence-electron chi connectivity index (χ4n) is 4.77. The number of halogens is 3. The summed E-state index contributed by atoms with van der Waals surface area (Å²) >= 11 is 0. The average molecular weight is 436 g/mol. The molecule has 3 rings (SSSR count). The minimum absolute atomic E-state index is 0.0417. The maximum Gasteiger partial charge on any atom is 0.417 e. The van der Waals surface area contributed by atoms with Gasteiger partial charge in [-0.15, -0.1) is 0 Å². The van der Waals surface area contributed by atoms with Gasteiger partial charge in [0.1, 0.15) is 0 Å². The molecular weight excluding hydrogens is 409 g/mol. The Morgan fingerprint density at radius 2 is 1.81 bits per heavy atom. The first-order valence-electron chi connectivity index (χ1n) is 10.2. The largest absolute Gasteiger partial charge is 0.417 e. The number of anilines is 1. The summed E-state index contributed by atoms with van der Waals surface area (Å²) in [6.45, 7) is 7.04. The maximum atomic E-state index is 13.3. The minimum atomic E-state index is -4.62. The van der Waals surface area contributed by atoms with Gasteiger partial charge in [0.25, 0.3) is 0 Å². The normalized spacial score (nSPS) is 21.3. The van der Waals surface area contributed by atoms with Gasteiger partial charge in [-0.05, 0) is 31.0 Å². The molecule has 0 saturated carbocycles. The van der Waals surface area contributed by atoms with Crippen LogP contribution in [0, 0.1) is 28.1 Å². The molecule has 0 bridgehead atoms. The van der Waals surface area contributed by atoms with Crippen LogP contribution >= 0.6 is 0 Å². The summed E-state index contributed by atoms with van der Waals surface area (Å²) in [7, 11) is 0. The van der Waals surface area contributed by atoms with E-state index in [4.69, 9.17) is 11.0 Å². The molecule has 1 aromatic carbocycles. The molecule has 2 N–H and O–H groups in total. The number of benzene rings is 1. The summed E-state index contributed by atoms with van der Waals surface area (Å²) < 4.78 is 40.0. The van der Waals surface area contributed by atoms with Crippen LogP contribution in [0.1, 0.15) is 44.7 Å². The fraction of sp³-hybridized carbons (Fsp3) is 0.591.